The van der Waals surface area contributed by atoms with Crippen LogP contribution in [0.5, 0.6) is 0 Å². The first-order valence-corrected chi connectivity index (χ1v) is 5.35. The zero-order valence-corrected chi connectivity index (χ0v) is 6.85. The molecular weight excluding hydrogens is 186 g/mol. The van der Waals surface area contributed by atoms with Gasteiger partial charge >= 0.3 is 48.8 Å². The van der Waals surface area contributed by atoms with Crippen LogP contribution in [0.15, 0.2) is 0 Å². The Morgan fingerprint density at radius 3 is 2.50 bits per heavy atom. The van der Waals surface area contributed by atoms with Crippen LogP contribution in [0, 0.1) is 0 Å². The molecule has 0 spiro atoms. The number of hydrogen-bond donors (Lipinski definition) is 0. The van der Waals surface area contributed by atoms with Gasteiger partial charge in [0.1, 0.15) is 0 Å². The molecule has 0 bridgehead atoms. The second kappa shape index (κ2) is 5.73. The van der Waals surface area contributed by atoms with Crippen LogP contribution >= 0.6 is 0 Å². The summed E-state index contributed by atoms with van der Waals surface area (Å²) in [4.78, 5) is 0. The van der Waals surface area contributed by atoms with Crippen LogP contribution in [-0.2, 0) is 0 Å². The van der Waals surface area contributed by atoms with Gasteiger partial charge in [-0.1, -0.05) is 0 Å². The van der Waals surface area contributed by atoms with E-state index in [-0.39, 0.29) is 0 Å². The van der Waals surface area contributed by atoms with Crippen LogP contribution in [0.4, 0.5) is 2.87 Å². The molecule has 0 aliphatic carbocycles. The monoisotopic (exact) mass is 196 g/mol. The van der Waals surface area contributed by atoms with E-state index in [1.165, 1.54) is 0 Å². The zero-order chi connectivity index (χ0) is 4.83. The molecule has 2 heteroatoms. The van der Waals surface area contributed by atoms with E-state index in [0.29, 0.717) is 0 Å². The molecular formula is C4H9FSn. The summed E-state index contributed by atoms with van der Waals surface area (Å²) < 4.78 is 12.3. The quantitative estimate of drug-likeness (QED) is 0.475. The Balaban J connectivity index is 2.34. The van der Waals surface area contributed by atoms with Crippen molar-refractivity contribution in [1.29, 1.82) is 0 Å². The van der Waals surface area contributed by atoms with Crippen LogP contribution in [0.25, 0.3) is 0 Å². The van der Waals surface area contributed by atoms with Crippen molar-refractivity contribution < 1.29 is 2.87 Å². The fourth-order valence-corrected chi connectivity index (χ4v) is 1.63. The van der Waals surface area contributed by atoms with E-state index in [0.717, 1.165) is 17.3 Å². The van der Waals surface area contributed by atoms with Gasteiger partial charge in [0.25, 0.3) is 0 Å². The van der Waals surface area contributed by atoms with E-state index in [9.17, 15) is 2.87 Å². The molecule has 0 saturated carbocycles. The third-order valence-corrected chi connectivity index (χ3v) is 2.17. The Bertz CT molecular complexity index is 19.5. The standard InChI is InChI=1S/C4H9.FH.Sn/c1-3-4-2;;/h1,3-4H2,2H3;1H;/q;;+1/p-1. The average molecular weight is 195 g/mol. The van der Waals surface area contributed by atoms with Crippen LogP contribution < -0.4 is 0 Å². The molecule has 0 amide bonds. The molecule has 0 heterocycles. The Morgan fingerprint density at radius 1 is 1.67 bits per heavy atom. The zero-order valence-electron chi connectivity index (χ0n) is 4.00. The second-order valence-electron chi connectivity index (χ2n) is 1.24. The van der Waals surface area contributed by atoms with Crippen LogP contribution in [0.2, 0.25) is 4.44 Å². The minimum absolute atomic E-state index is 0.917. The molecule has 0 unspecified atom stereocenters. The number of rotatable bonds is 3. The first-order valence-electron chi connectivity index (χ1n) is 2.25. The van der Waals surface area contributed by atoms with Gasteiger partial charge < -0.3 is 0 Å². The van der Waals surface area contributed by atoms with Crippen LogP contribution in [-0.4, -0.2) is 21.7 Å². The summed E-state index contributed by atoms with van der Waals surface area (Å²) in [6.07, 6.45) is 2.27. The summed E-state index contributed by atoms with van der Waals surface area (Å²) in [5, 5.41) is 0. The van der Waals surface area contributed by atoms with Crippen molar-refractivity contribution in [3.8, 4) is 0 Å². The van der Waals surface area contributed by atoms with E-state index in [1.54, 1.807) is 0 Å². The van der Waals surface area contributed by atoms with E-state index < -0.39 is 21.7 Å². The van der Waals surface area contributed by atoms with E-state index in [1.807, 2.05) is 0 Å². The van der Waals surface area contributed by atoms with Gasteiger partial charge in [0, 0.05) is 0 Å². The van der Waals surface area contributed by atoms with Crippen molar-refractivity contribution in [3.63, 3.8) is 0 Å². The van der Waals surface area contributed by atoms with Gasteiger partial charge in [0.05, 0.1) is 0 Å². The number of unbranched alkanes of at least 4 members (excludes halogenated alkanes) is 1. The summed E-state index contributed by atoms with van der Waals surface area (Å²) in [6, 6.07) is 0. The Hall–Kier alpha value is 0.729. The summed E-state index contributed by atoms with van der Waals surface area (Å²) in [6.45, 7) is 2.09. The molecule has 2 radical (unpaired) electrons. The number of halogens is 1. The average Bonchev–Trinajstić information content (AvgIpc) is 1.61. The van der Waals surface area contributed by atoms with E-state index in [4.69, 9.17) is 0 Å². The number of hydrogen-bond acceptors (Lipinski definition) is 0. The van der Waals surface area contributed by atoms with Gasteiger partial charge in [-0.25, -0.2) is 0 Å². The molecule has 0 aromatic heterocycles. The summed E-state index contributed by atoms with van der Waals surface area (Å²) >= 11 is -1.31. The molecule has 0 atom stereocenters. The SMILES string of the molecule is CCC[CH2][Sn][F]. The normalized spacial score (nSPS) is 9.00. The van der Waals surface area contributed by atoms with Crippen LogP contribution in [0.1, 0.15) is 19.8 Å². The first-order chi connectivity index (χ1) is 2.91. The maximum atomic E-state index is 11.4. The van der Waals surface area contributed by atoms with Gasteiger partial charge in [-0.3, -0.25) is 0 Å². The molecule has 0 aromatic carbocycles. The fraction of sp³-hybridized carbons (Fsp3) is 1.00. The Morgan fingerprint density at radius 2 is 2.33 bits per heavy atom. The minimum atomic E-state index is -1.31. The molecule has 0 fully saturated rings. The molecule has 0 aliphatic rings. The molecule has 0 aromatic rings. The van der Waals surface area contributed by atoms with Gasteiger partial charge in [0.2, 0.25) is 0 Å². The van der Waals surface area contributed by atoms with Gasteiger partial charge in [-0.15, -0.1) is 0 Å². The van der Waals surface area contributed by atoms with Crippen LogP contribution in [0.3, 0.4) is 0 Å². The van der Waals surface area contributed by atoms with E-state index >= 15 is 0 Å². The Kier molecular flexibility index (Phi) is 6.42. The van der Waals surface area contributed by atoms with Gasteiger partial charge in [-0.05, 0) is 0 Å². The second-order valence-corrected chi connectivity index (χ2v) is 3.43. The van der Waals surface area contributed by atoms with Crippen molar-refractivity contribution in [2.75, 3.05) is 0 Å². The molecule has 36 valence electrons. The third-order valence-electron chi connectivity index (χ3n) is 0.625. The first kappa shape index (κ1) is 6.73. The van der Waals surface area contributed by atoms with Crippen molar-refractivity contribution in [3.05, 3.63) is 0 Å². The molecule has 0 nitrogen and oxygen atoms in total. The molecule has 0 N–H and O–H groups in total. The van der Waals surface area contributed by atoms with Crippen molar-refractivity contribution >= 4 is 21.7 Å². The topological polar surface area (TPSA) is 0 Å². The predicted octanol–water partition coefficient (Wildman–Crippen LogP) is 1.79. The van der Waals surface area contributed by atoms with E-state index in [2.05, 4.69) is 6.92 Å². The van der Waals surface area contributed by atoms with Gasteiger partial charge in [0.15, 0.2) is 0 Å². The maximum absolute atomic E-state index is 11.4. The Labute approximate surface area is 49.1 Å². The van der Waals surface area contributed by atoms with Crippen molar-refractivity contribution in [2.24, 2.45) is 0 Å². The molecule has 0 saturated heterocycles. The summed E-state index contributed by atoms with van der Waals surface area (Å²) in [5.74, 6) is 0. The van der Waals surface area contributed by atoms with Crippen molar-refractivity contribution in [1.82, 2.24) is 0 Å². The summed E-state index contributed by atoms with van der Waals surface area (Å²) in [5.41, 5.74) is 0. The molecule has 0 aliphatic heterocycles. The van der Waals surface area contributed by atoms with Crippen molar-refractivity contribution in [2.45, 2.75) is 24.2 Å². The third kappa shape index (κ3) is 4.73. The molecule has 0 rings (SSSR count). The summed E-state index contributed by atoms with van der Waals surface area (Å²) in [7, 11) is 0. The predicted molar refractivity (Wildman–Crippen MR) is 26.6 cm³/mol. The van der Waals surface area contributed by atoms with Gasteiger partial charge in [-0.2, -0.15) is 0 Å². The molecule has 6 heavy (non-hydrogen) atoms. The fourth-order valence-electron chi connectivity index (χ4n) is 0.244.